The van der Waals surface area contributed by atoms with Crippen LogP contribution in [-0.4, -0.2) is 35.7 Å². The predicted octanol–water partition coefficient (Wildman–Crippen LogP) is -0.565. The van der Waals surface area contributed by atoms with Crippen LogP contribution in [-0.2, 0) is 14.3 Å². The van der Waals surface area contributed by atoms with E-state index in [0.29, 0.717) is 6.41 Å². The highest BCUT2D eigenvalue weighted by Crippen LogP contribution is 2.09. The Hall–Kier alpha value is -1.10. The van der Waals surface area contributed by atoms with Gasteiger partial charge < -0.3 is 15.2 Å². The topological polar surface area (TPSA) is 75.6 Å². The van der Waals surface area contributed by atoms with Gasteiger partial charge in [0.25, 0.3) is 0 Å². The Kier molecular flexibility index (Phi) is 4.40. The first kappa shape index (κ1) is 11.9. The molecule has 0 aliphatic heterocycles. The highest BCUT2D eigenvalue weighted by Gasteiger charge is 2.34. The number of amides is 1. The number of aliphatic hydroxyl groups is 1. The van der Waals surface area contributed by atoms with E-state index in [0.717, 1.165) is 0 Å². The van der Waals surface area contributed by atoms with Crippen LogP contribution >= 0.6 is 0 Å². The van der Waals surface area contributed by atoms with Gasteiger partial charge in [-0.3, -0.25) is 4.79 Å². The minimum Gasteiger partial charge on any atom is -0.464 e. The van der Waals surface area contributed by atoms with Gasteiger partial charge in [-0.2, -0.15) is 0 Å². The lowest BCUT2D eigenvalue weighted by molar-refractivity contribution is -0.152. The number of hydrogen-bond donors (Lipinski definition) is 2. The molecule has 0 aliphatic carbocycles. The van der Waals surface area contributed by atoms with E-state index in [2.05, 4.69) is 10.1 Å². The molecule has 0 radical (unpaired) electrons. The number of esters is 1. The van der Waals surface area contributed by atoms with Crippen LogP contribution in [0.2, 0.25) is 0 Å². The van der Waals surface area contributed by atoms with Crippen molar-refractivity contribution >= 4 is 12.4 Å². The van der Waals surface area contributed by atoms with E-state index >= 15 is 0 Å². The number of hydrogen-bond acceptors (Lipinski definition) is 4. The van der Waals surface area contributed by atoms with E-state index in [-0.39, 0.29) is 6.61 Å². The Morgan fingerprint density at radius 1 is 1.69 bits per heavy atom. The van der Waals surface area contributed by atoms with E-state index in [1.54, 1.807) is 6.92 Å². The normalized spacial score (nSPS) is 13.2. The lowest BCUT2D eigenvalue weighted by Gasteiger charge is -2.26. The van der Waals surface area contributed by atoms with Crippen LogP contribution in [0, 0.1) is 0 Å². The zero-order valence-electron chi connectivity index (χ0n) is 8.03. The van der Waals surface area contributed by atoms with Crippen LogP contribution in [0.15, 0.2) is 0 Å². The van der Waals surface area contributed by atoms with E-state index in [1.165, 1.54) is 13.8 Å². The molecular formula is C8H15NO4. The van der Waals surface area contributed by atoms with Gasteiger partial charge in [-0.15, -0.1) is 0 Å². The first-order chi connectivity index (χ1) is 5.93. The van der Waals surface area contributed by atoms with Gasteiger partial charge in [0.1, 0.15) is 0 Å². The van der Waals surface area contributed by atoms with Crippen LogP contribution < -0.4 is 5.32 Å². The lowest BCUT2D eigenvalue weighted by atomic mass is 9.99. The molecule has 0 heterocycles. The van der Waals surface area contributed by atoms with Gasteiger partial charge in [0.15, 0.2) is 6.04 Å². The van der Waals surface area contributed by atoms with E-state index in [4.69, 9.17) is 0 Å². The van der Waals surface area contributed by atoms with Gasteiger partial charge >= 0.3 is 5.97 Å². The number of carbonyl (C=O) groups is 2. The SMILES string of the molecule is CCOC(=O)C(NC=O)C(C)(C)O. The molecule has 5 heteroatoms. The Bertz CT molecular complexity index is 185. The molecule has 0 aromatic carbocycles. The van der Waals surface area contributed by atoms with Gasteiger partial charge in [-0.25, -0.2) is 4.79 Å². The molecule has 0 fully saturated rings. The lowest BCUT2D eigenvalue weighted by Crippen LogP contribution is -2.52. The summed E-state index contributed by atoms with van der Waals surface area (Å²) in [5, 5.41) is 11.7. The van der Waals surface area contributed by atoms with Crippen molar-refractivity contribution in [2.45, 2.75) is 32.4 Å². The minimum absolute atomic E-state index is 0.214. The quantitative estimate of drug-likeness (QED) is 0.449. The first-order valence-electron chi connectivity index (χ1n) is 4.02. The predicted molar refractivity (Wildman–Crippen MR) is 45.9 cm³/mol. The summed E-state index contributed by atoms with van der Waals surface area (Å²) in [6.45, 7) is 4.71. The molecule has 1 amide bonds. The van der Waals surface area contributed by atoms with E-state index in [1.807, 2.05) is 0 Å². The Balaban J connectivity index is 4.41. The third kappa shape index (κ3) is 3.89. The van der Waals surface area contributed by atoms with Crippen molar-refractivity contribution in [2.24, 2.45) is 0 Å². The fourth-order valence-electron chi connectivity index (χ4n) is 0.854. The molecule has 0 spiro atoms. The highest BCUT2D eigenvalue weighted by atomic mass is 16.5. The smallest absolute Gasteiger partial charge is 0.331 e. The van der Waals surface area contributed by atoms with E-state index < -0.39 is 17.6 Å². The zero-order chi connectivity index (χ0) is 10.5. The molecule has 13 heavy (non-hydrogen) atoms. The fraction of sp³-hybridized carbons (Fsp3) is 0.750. The van der Waals surface area contributed by atoms with E-state index in [9.17, 15) is 14.7 Å². The van der Waals surface area contributed by atoms with Crippen LogP contribution in [0.5, 0.6) is 0 Å². The fourth-order valence-corrected chi connectivity index (χ4v) is 0.854. The molecule has 0 aliphatic rings. The molecule has 0 bridgehead atoms. The summed E-state index contributed by atoms with van der Waals surface area (Å²) < 4.78 is 4.66. The zero-order valence-corrected chi connectivity index (χ0v) is 8.03. The molecule has 0 saturated heterocycles. The monoisotopic (exact) mass is 189 g/mol. The van der Waals surface area contributed by atoms with Crippen molar-refractivity contribution < 1.29 is 19.4 Å². The molecular weight excluding hydrogens is 174 g/mol. The average molecular weight is 189 g/mol. The van der Waals surface area contributed by atoms with Gasteiger partial charge in [-0.1, -0.05) is 0 Å². The summed E-state index contributed by atoms with van der Waals surface area (Å²) >= 11 is 0. The summed E-state index contributed by atoms with van der Waals surface area (Å²) in [7, 11) is 0. The Morgan fingerprint density at radius 3 is 2.54 bits per heavy atom. The molecule has 0 aromatic rings. The molecule has 2 N–H and O–H groups in total. The van der Waals surface area contributed by atoms with Gasteiger partial charge in [0.2, 0.25) is 6.41 Å². The maximum atomic E-state index is 11.2. The van der Waals surface area contributed by atoms with Gasteiger partial charge in [-0.05, 0) is 20.8 Å². The number of rotatable bonds is 5. The first-order valence-corrected chi connectivity index (χ1v) is 4.02. The molecule has 1 atom stereocenters. The molecule has 0 aromatic heterocycles. The van der Waals surface area contributed by atoms with Crippen molar-refractivity contribution in [2.75, 3.05) is 6.61 Å². The number of ether oxygens (including phenoxy) is 1. The summed E-state index contributed by atoms with van der Waals surface area (Å²) in [5.41, 5.74) is -1.33. The molecule has 5 nitrogen and oxygen atoms in total. The van der Waals surface area contributed by atoms with Crippen LogP contribution in [0.1, 0.15) is 20.8 Å². The third-order valence-electron chi connectivity index (χ3n) is 1.46. The minimum atomic E-state index is -1.33. The van der Waals surface area contributed by atoms with Crippen molar-refractivity contribution in [1.29, 1.82) is 0 Å². The van der Waals surface area contributed by atoms with Crippen LogP contribution in [0.25, 0.3) is 0 Å². The standard InChI is InChI=1S/C8H15NO4/c1-4-13-7(11)6(9-5-10)8(2,3)12/h5-6,12H,4H2,1-3H3,(H,9,10). The number of nitrogens with one attached hydrogen (secondary N) is 1. The maximum absolute atomic E-state index is 11.2. The molecule has 0 rings (SSSR count). The Labute approximate surface area is 77.1 Å². The second-order valence-electron chi connectivity index (χ2n) is 3.12. The van der Waals surface area contributed by atoms with Crippen LogP contribution in [0.4, 0.5) is 0 Å². The van der Waals surface area contributed by atoms with Gasteiger partial charge in [0.05, 0.1) is 12.2 Å². The van der Waals surface area contributed by atoms with Crippen LogP contribution in [0.3, 0.4) is 0 Å². The van der Waals surface area contributed by atoms with Crippen molar-refractivity contribution in [1.82, 2.24) is 5.32 Å². The average Bonchev–Trinajstić information content (AvgIpc) is 1.98. The second kappa shape index (κ2) is 4.81. The third-order valence-corrected chi connectivity index (χ3v) is 1.46. The maximum Gasteiger partial charge on any atom is 0.331 e. The molecule has 1 unspecified atom stereocenters. The molecule has 0 saturated carbocycles. The number of carbonyl (C=O) groups excluding carboxylic acids is 2. The Morgan fingerprint density at radius 2 is 2.23 bits per heavy atom. The summed E-state index contributed by atoms with van der Waals surface area (Å²) in [6.07, 6.45) is 0.361. The van der Waals surface area contributed by atoms with Gasteiger partial charge in [0, 0.05) is 0 Å². The largest absolute Gasteiger partial charge is 0.464 e. The summed E-state index contributed by atoms with van der Waals surface area (Å²) in [6, 6.07) is -1.02. The summed E-state index contributed by atoms with van der Waals surface area (Å²) in [4.78, 5) is 21.3. The second-order valence-corrected chi connectivity index (χ2v) is 3.12. The van der Waals surface area contributed by atoms with Crippen molar-refractivity contribution in [3.63, 3.8) is 0 Å². The highest BCUT2D eigenvalue weighted by molar-refractivity contribution is 5.79. The van der Waals surface area contributed by atoms with Crippen molar-refractivity contribution in [3.8, 4) is 0 Å². The summed E-state index contributed by atoms with van der Waals surface area (Å²) in [5.74, 6) is -0.637. The molecule has 76 valence electrons. The van der Waals surface area contributed by atoms with Crippen molar-refractivity contribution in [3.05, 3.63) is 0 Å².